The van der Waals surface area contributed by atoms with Gasteiger partial charge in [0.2, 0.25) is 0 Å². The lowest BCUT2D eigenvalue weighted by Crippen LogP contribution is -2.12. The molecule has 0 bridgehead atoms. The molecule has 0 aliphatic heterocycles. The van der Waals surface area contributed by atoms with Gasteiger partial charge in [-0.15, -0.1) is 12.4 Å². The van der Waals surface area contributed by atoms with Crippen LogP contribution < -0.4 is 5.73 Å². The lowest BCUT2D eigenvalue weighted by molar-refractivity contribution is 0.432. The Bertz CT molecular complexity index is 296. The second-order valence-electron chi connectivity index (χ2n) is 2.79. The van der Waals surface area contributed by atoms with Crippen molar-refractivity contribution >= 4 is 12.4 Å². The Morgan fingerprint density at radius 1 is 1.43 bits per heavy atom. The van der Waals surface area contributed by atoms with E-state index in [9.17, 15) is 8.78 Å². The van der Waals surface area contributed by atoms with Gasteiger partial charge in [0.15, 0.2) is 0 Å². The topological polar surface area (TPSA) is 46.2 Å². The van der Waals surface area contributed by atoms with Gasteiger partial charge in [-0.3, -0.25) is 4.39 Å². The molecule has 0 aliphatic rings. The predicted molar refractivity (Wildman–Crippen MR) is 52.8 cm³/mol. The van der Waals surface area contributed by atoms with Crippen LogP contribution in [0.5, 0.6) is 5.75 Å². The number of hydrogen-bond donors (Lipinski definition) is 2. The zero-order chi connectivity index (χ0) is 9.84. The Morgan fingerprint density at radius 2 is 2.07 bits per heavy atom. The summed E-state index contributed by atoms with van der Waals surface area (Å²) in [6.45, 7) is -0.582. The molecular formula is C9H12ClF2NO. The van der Waals surface area contributed by atoms with E-state index in [2.05, 4.69) is 0 Å². The highest BCUT2D eigenvalue weighted by Crippen LogP contribution is 2.21. The maximum Gasteiger partial charge on any atom is 0.131 e. The van der Waals surface area contributed by atoms with E-state index >= 15 is 0 Å². The fourth-order valence-electron chi connectivity index (χ4n) is 1.09. The van der Waals surface area contributed by atoms with Crippen molar-refractivity contribution in [2.75, 3.05) is 6.67 Å². The fraction of sp³-hybridized carbons (Fsp3) is 0.333. The zero-order valence-electron chi connectivity index (χ0n) is 7.41. The maximum atomic E-state index is 13.1. The van der Waals surface area contributed by atoms with Crippen molar-refractivity contribution < 1.29 is 13.9 Å². The van der Waals surface area contributed by atoms with E-state index in [0.29, 0.717) is 0 Å². The molecule has 0 heterocycles. The number of aromatic hydroxyl groups is 1. The molecule has 0 saturated carbocycles. The summed E-state index contributed by atoms with van der Waals surface area (Å²) in [6, 6.07) is 3.01. The van der Waals surface area contributed by atoms with Crippen LogP contribution in [0.2, 0.25) is 0 Å². The molecule has 5 heteroatoms. The van der Waals surface area contributed by atoms with Gasteiger partial charge in [0.25, 0.3) is 0 Å². The van der Waals surface area contributed by atoms with Crippen molar-refractivity contribution in [1.82, 2.24) is 0 Å². The molecule has 0 radical (unpaired) electrons. The summed E-state index contributed by atoms with van der Waals surface area (Å²) >= 11 is 0. The van der Waals surface area contributed by atoms with Crippen molar-refractivity contribution in [3.8, 4) is 5.75 Å². The largest absolute Gasteiger partial charge is 0.508 e. The monoisotopic (exact) mass is 223 g/mol. The summed E-state index contributed by atoms with van der Waals surface area (Å²) in [5.74, 6) is -0.755. The molecule has 1 aromatic rings. The number of phenols is 1. The number of benzene rings is 1. The molecule has 0 fully saturated rings. The van der Waals surface area contributed by atoms with Gasteiger partial charge >= 0.3 is 0 Å². The first-order chi connectivity index (χ1) is 6.15. The van der Waals surface area contributed by atoms with Gasteiger partial charge in [0, 0.05) is 17.7 Å². The lowest BCUT2D eigenvalue weighted by atomic mass is 10.0. The summed E-state index contributed by atoms with van der Waals surface area (Å²) in [5, 5.41) is 8.89. The van der Waals surface area contributed by atoms with E-state index in [0.717, 1.165) is 6.07 Å². The van der Waals surface area contributed by atoms with E-state index in [1.54, 1.807) is 0 Å². The van der Waals surface area contributed by atoms with E-state index in [1.165, 1.54) is 12.1 Å². The molecule has 1 rings (SSSR count). The Kier molecular flexibility index (Phi) is 5.42. The summed E-state index contributed by atoms with van der Waals surface area (Å²) < 4.78 is 25.0. The maximum absolute atomic E-state index is 13.1. The molecule has 0 aliphatic carbocycles. The van der Waals surface area contributed by atoms with Gasteiger partial charge < -0.3 is 10.8 Å². The van der Waals surface area contributed by atoms with Crippen LogP contribution in [-0.4, -0.2) is 11.8 Å². The van der Waals surface area contributed by atoms with Gasteiger partial charge in [-0.05, 0) is 12.5 Å². The molecule has 0 saturated heterocycles. The Hall–Kier alpha value is -0.870. The molecule has 0 spiro atoms. The standard InChI is InChI=1S/C9H11F2NO.ClH/c10-4-3-9(12)7-2-1-6(13)5-8(7)11;/h1-2,5,9,13H,3-4,12H2;1H/t9-;/m1./s1. The average molecular weight is 224 g/mol. The van der Waals surface area contributed by atoms with Crippen LogP contribution in [0.3, 0.4) is 0 Å². The summed E-state index contributed by atoms with van der Waals surface area (Å²) in [4.78, 5) is 0. The van der Waals surface area contributed by atoms with Crippen LogP contribution in [0.25, 0.3) is 0 Å². The number of alkyl halides is 1. The van der Waals surface area contributed by atoms with Crippen LogP contribution in [-0.2, 0) is 0 Å². The Balaban J connectivity index is 0.00000169. The summed E-state index contributed by atoms with van der Waals surface area (Å²) in [6.07, 6.45) is 0.0850. The van der Waals surface area contributed by atoms with Gasteiger partial charge in [0.05, 0.1) is 6.67 Å². The molecule has 2 nitrogen and oxygen atoms in total. The third-order valence-electron chi connectivity index (χ3n) is 1.80. The highest BCUT2D eigenvalue weighted by molar-refractivity contribution is 5.85. The van der Waals surface area contributed by atoms with Gasteiger partial charge in [-0.25, -0.2) is 4.39 Å². The van der Waals surface area contributed by atoms with Crippen LogP contribution in [0.15, 0.2) is 18.2 Å². The van der Waals surface area contributed by atoms with E-state index in [1.807, 2.05) is 0 Å². The zero-order valence-corrected chi connectivity index (χ0v) is 8.23. The molecular weight excluding hydrogens is 212 g/mol. The van der Waals surface area contributed by atoms with Crippen molar-refractivity contribution in [2.45, 2.75) is 12.5 Å². The van der Waals surface area contributed by atoms with Crippen molar-refractivity contribution in [1.29, 1.82) is 0 Å². The number of phenolic OH excluding ortho intramolecular Hbond substituents is 1. The van der Waals surface area contributed by atoms with Gasteiger partial charge in [-0.1, -0.05) is 6.07 Å². The van der Waals surface area contributed by atoms with E-state index < -0.39 is 18.5 Å². The fourth-order valence-corrected chi connectivity index (χ4v) is 1.09. The minimum Gasteiger partial charge on any atom is -0.508 e. The average Bonchev–Trinajstić information content (AvgIpc) is 2.04. The number of hydrogen-bond acceptors (Lipinski definition) is 2. The Morgan fingerprint density at radius 3 is 2.57 bits per heavy atom. The van der Waals surface area contributed by atoms with Crippen LogP contribution in [0.4, 0.5) is 8.78 Å². The molecule has 0 amide bonds. The first-order valence-corrected chi connectivity index (χ1v) is 3.95. The second-order valence-corrected chi connectivity index (χ2v) is 2.79. The molecule has 80 valence electrons. The molecule has 3 N–H and O–H groups in total. The van der Waals surface area contributed by atoms with Crippen LogP contribution in [0.1, 0.15) is 18.0 Å². The molecule has 14 heavy (non-hydrogen) atoms. The van der Waals surface area contributed by atoms with Crippen molar-refractivity contribution in [2.24, 2.45) is 5.73 Å². The summed E-state index contributed by atoms with van der Waals surface area (Å²) in [7, 11) is 0. The summed E-state index contributed by atoms with van der Waals surface area (Å²) in [5.41, 5.74) is 5.73. The third-order valence-corrected chi connectivity index (χ3v) is 1.80. The molecule has 0 unspecified atom stereocenters. The van der Waals surface area contributed by atoms with Crippen molar-refractivity contribution in [3.05, 3.63) is 29.6 Å². The quantitative estimate of drug-likeness (QED) is 0.826. The lowest BCUT2D eigenvalue weighted by Gasteiger charge is -2.10. The van der Waals surface area contributed by atoms with E-state index in [4.69, 9.17) is 10.8 Å². The van der Waals surface area contributed by atoms with E-state index in [-0.39, 0.29) is 30.1 Å². The first kappa shape index (κ1) is 13.1. The van der Waals surface area contributed by atoms with Crippen LogP contribution >= 0.6 is 12.4 Å². The minimum atomic E-state index is -0.648. The number of halogens is 3. The number of nitrogens with two attached hydrogens (primary N) is 1. The highest BCUT2D eigenvalue weighted by Gasteiger charge is 2.11. The second kappa shape index (κ2) is 5.78. The minimum absolute atomic E-state index is 0. The number of rotatable bonds is 3. The van der Waals surface area contributed by atoms with Crippen molar-refractivity contribution in [3.63, 3.8) is 0 Å². The molecule has 1 aromatic carbocycles. The van der Waals surface area contributed by atoms with Gasteiger partial charge in [0.1, 0.15) is 11.6 Å². The smallest absolute Gasteiger partial charge is 0.131 e. The predicted octanol–water partition coefficient (Wildman–Crippen LogP) is 2.31. The first-order valence-electron chi connectivity index (χ1n) is 3.95. The SMILES string of the molecule is Cl.N[C@H](CCF)c1ccc(O)cc1F. The third kappa shape index (κ3) is 3.12. The Labute approximate surface area is 87.1 Å². The molecule has 1 atom stereocenters. The highest BCUT2D eigenvalue weighted by atomic mass is 35.5. The normalized spacial score (nSPS) is 11.9. The van der Waals surface area contributed by atoms with Crippen LogP contribution in [0, 0.1) is 5.82 Å². The molecule has 0 aromatic heterocycles. The van der Waals surface area contributed by atoms with Gasteiger partial charge in [-0.2, -0.15) is 0 Å².